The number of ketones is 1. The summed E-state index contributed by atoms with van der Waals surface area (Å²) in [6, 6.07) is 0. The highest BCUT2D eigenvalue weighted by atomic mass is 28.4. The lowest BCUT2D eigenvalue weighted by atomic mass is 10.2. The fourth-order valence-electron chi connectivity index (χ4n) is 1.11. The first-order valence-electron chi connectivity index (χ1n) is 5.04. The van der Waals surface area contributed by atoms with E-state index < -0.39 is 14.5 Å². The summed E-state index contributed by atoms with van der Waals surface area (Å²) in [5.41, 5.74) is -0.429. The van der Waals surface area contributed by atoms with Gasteiger partial charge in [-0.3, -0.25) is 4.79 Å². The van der Waals surface area contributed by atoms with Crippen LogP contribution in [0.15, 0.2) is 12.2 Å². The molecule has 1 atom stereocenters. The van der Waals surface area contributed by atoms with E-state index in [0.29, 0.717) is 12.0 Å². The minimum atomic E-state index is -3.16. The van der Waals surface area contributed by atoms with E-state index >= 15 is 0 Å². The van der Waals surface area contributed by atoms with Gasteiger partial charge in [-0.25, -0.2) is 0 Å². The minimum absolute atomic E-state index is 0.180. The van der Waals surface area contributed by atoms with Crippen molar-refractivity contribution in [2.45, 2.75) is 26.0 Å². The summed E-state index contributed by atoms with van der Waals surface area (Å²) in [6.07, 6.45) is 0.440. The monoisotopic (exact) mass is 248 g/mol. The average Bonchev–Trinajstić information content (AvgIpc) is 2.29. The van der Waals surface area contributed by atoms with Crippen molar-refractivity contribution in [2.24, 2.45) is 0 Å². The van der Waals surface area contributed by atoms with Gasteiger partial charge in [0.2, 0.25) is 0 Å². The number of aliphatic hydroxyl groups is 1. The van der Waals surface area contributed by atoms with Crippen LogP contribution in [0.4, 0.5) is 0 Å². The number of carbonyl (C=O) groups excluding carboxylic acids is 1. The van der Waals surface area contributed by atoms with Crippen molar-refractivity contribution in [3.63, 3.8) is 0 Å². The molecule has 5 nitrogen and oxygen atoms in total. The maximum absolute atomic E-state index is 11.3. The molecule has 0 aliphatic heterocycles. The summed E-state index contributed by atoms with van der Waals surface area (Å²) in [6.45, 7) is 6.72. The van der Waals surface area contributed by atoms with Gasteiger partial charge in [0.05, 0.1) is 0 Å². The fraction of sp³-hybridized carbons (Fsp3) is 0.700. The fourth-order valence-corrected chi connectivity index (χ4v) is 3.08. The third kappa shape index (κ3) is 3.80. The third-order valence-corrected chi connectivity index (χ3v) is 5.15. The Morgan fingerprint density at radius 1 is 1.44 bits per heavy atom. The predicted octanol–water partition coefficient (Wildman–Crippen LogP) is 0.690. The number of aliphatic hydroxyl groups excluding tert-OH is 1. The van der Waals surface area contributed by atoms with Crippen LogP contribution >= 0.6 is 0 Å². The number of hydrogen-bond acceptors (Lipinski definition) is 5. The van der Waals surface area contributed by atoms with Gasteiger partial charge in [-0.2, -0.15) is 0 Å². The molecule has 0 bridgehead atoms. The average molecular weight is 248 g/mol. The van der Waals surface area contributed by atoms with E-state index in [0.717, 1.165) is 0 Å². The molecule has 0 aliphatic rings. The van der Waals surface area contributed by atoms with Crippen LogP contribution in [-0.2, 0) is 18.1 Å². The number of rotatable bonds is 8. The predicted molar refractivity (Wildman–Crippen MR) is 61.8 cm³/mol. The Bertz CT molecular complexity index is 250. The van der Waals surface area contributed by atoms with E-state index in [1.54, 1.807) is 13.8 Å². The van der Waals surface area contributed by atoms with Crippen LogP contribution in [0.1, 0.15) is 20.3 Å². The normalized spacial score (nSPS) is 13.6. The number of carbonyl (C=O) groups is 1. The third-order valence-electron chi connectivity index (χ3n) is 2.24. The quantitative estimate of drug-likeness (QED) is 0.506. The van der Waals surface area contributed by atoms with Gasteiger partial charge in [-0.1, -0.05) is 13.5 Å². The van der Waals surface area contributed by atoms with Gasteiger partial charge in [0.15, 0.2) is 5.78 Å². The van der Waals surface area contributed by atoms with Crippen LogP contribution in [0, 0.1) is 0 Å². The first-order valence-corrected chi connectivity index (χ1v) is 6.84. The van der Waals surface area contributed by atoms with Crippen molar-refractivity contribution in [3.05, 3.63) is 12.2 Å². The zero-order valence-corrected chi connectivity index (χ0v) is 11.3. The summed E-state index contributed by atoms with van der Waals surface area (Å²) >= 11 is 0. The highest BCUT2D eigenvalue weighted by Crippen LogP contribution is 2.15. The molecule has 0 aromatic heterocycles. The Morgan fingerprint density at radius 2 is 1.94 bits per heavy atom. The van der Waals surface area contributed by atoms with E-state index in [2.05, 4.69) is 6.58 Å². The van der Waals surface area contributed by atoms with Crippen molar-refractivity contribution in [1.82, 2.24) is 0 Å². The van der Waals surface area contributed by atoms with Gasteiger partial charge in [0.1, 0.15) is 12.3 Å². The Balaban J connectivity index is 4.56. The van der Waals surface area contributed by atoms with Gasteiger partial charge in [0, 0.05) is 14.2 Å². The topological polar surface area (TPSA) is 65.0 Å². The van der Waals surface area contributed by atoms with E-state index in [-0.39, 0.29) is 12.4 Å². The Morgan fingerprint density at radius 3 is 2.25 bits per heavy atom. The molecule has 0 amide bonds. The largest absolute Gasteiger partial charge is 0.531 e. The summed E-state index contributed by atoms with van der Waals surface area (Å²) in [4.78, 5) is 11.3. The first-order chi connectivity index (χ1) is 7.43. The molecule has 0 saturated carbocycles. The van der Waals surface area contributed by atoms with Gasteiger partial charge in [-0.05, 0) is 18.9 Å². The van der Waals surface area contributed by atoms with Crippen molar-refractivity contribution >= 4 is 14.6 Å². The smallest absolute Gasteiger partial charge is 0.389 e. The number of Topliss-reactive ketones (excluding diaryl/α,β-unsaturated/α-hetero) is 1. The molecule has 16 heavy (non-hydrogen) atoms. The van der Waals surface area contributed by atoms with Crippen molar-refractivity contribution in [2.75, 3.05) is 20.8 Å². The zero-order valence-electron chi connectivity index (χ0n) is 10.3. The molecule has 0 aliphatic carbocycles. The molecular weight excluding hydrogens is 228 g/mol. The minimum Gasteiger partial charge on any atom is -0.389 e. The summed E-state index contributed by atoms with van der Waals surface area (Å²) in [5, 5.41) is 9.77. The van der Waals surface area contributed by atoms with Crippen LogP contribution < -0.4 is 0 Å². The molecule has 0 spiro atoms. The van der Waals surface area contributed by atoms with E-state index in [1.807, 2.05) is 0 Å². The SMILES string of the molecule is C=C(C)C(=O)CO[Si](OC)(OC)C(O)CC. The van der Waals surface area contributed by atoms with Crippen LogP contribution in [0.25, 0.3) is 0 Å². The molecule has 0 rings (SSSR count). The lowest BCUT2D eigenvalue weighted by Crippen LogP contribution is -2.55. The lowest BCUT2D eigenvalue weighted by Gasteiger charge is -2.29. The van der Waals surface area contributed by atoms with E-state index in [4.69, 9.17) is 13.3 Å². The summed E-state index contributed by atoms with van der Waals surface area (Å²) < 4.78 is 15.6. The standard InChI is InChI=1S/C10H20O5Si/c1-6-10(12)16(13-4,14-5)15-7-9(11)8(2)3/h10,12H,2,6-7H2,1,3-5H3. The molecule has 0 heterocycles. The molecule has 1 unspecified atom stereocenters. The Kier molecular flexibility index (Phi) is 6.69. The van der Waals surface area contributed by atoms with Crippen LogP contribution in [0.3, 0.4) is 0 Å². The van der Waals surface area contributed by atoms with Crippen LogP contribution in [0.2, 0.25) is 0 Å². The van der Waals surface area contributed by atoms with E-state index in [9.17, 15) is 9.90 Å². The molecule has 0 fully saturated rings. The van der Waals surface area contributed by atoms with Crippen LogP contribution in [0.5, 0.6) is 0 Å². The second kappa shape index (κ2) is 6.92. The lowest BCUT2D eigenvalue weighted by molar-refractivity contribution is -0.119. The highest BCUT2D eigenvalue weighted by molar-refractivity contribution is 6.62. The Hall–Kier alpha value is -0.533. The molecular formula is C10H20O5Si. The second-order valence-electron chi connectivity index (χ2n) is 3.43. The maximum atomic E-state index is 11.3. The molecule has 6 heteroatoms. The van der Waals surface area contributed by atoms with Crippen molar-refractivity contribution in [1.29, 1.82) is 0 Å². The van der Waals surface area contributed by atoms with Gasteiger partial charge in [-0.15, -0.1) is 0 Å². The molecule has 94 valence electrons. The van der Waals surface area contributed by atoms with Crippen LogP contribution in [-0.4, -0.2) is 46.2 Å². The highest BCUT2D eigenvalue weighted by Gasteiger charge is 2.47. The number of hydrogen-bond donors (Lipinski definition) is 1. The summed E-state index contributed by atoms with van der Waals surface area (Å²) in [7, 11) is -0.357. The van der Waals surface area contributed by atoms with Gasteiger partial charge in [0.25, 0.3) is 0 Å². The molecule has 0 aromatic carbocycles. The van der Waals surface area contributed by atoms with Crippen molar-refractivity contribution in [3.8, 4) is 0 Å². The molecule has 0 aromatic rings. The van der Waals surface area contributed by atoms with Gasteiger partial charge < -0.3 is 18.4 Å². The Labute approximate surface area is 97.4 Å². The zero-order chi connectivity index (χ0) is 12.8. The molecule has 0 radical (unpaired) electrons. The summed E-state index contributed by atoms with van der Waals surface area (Å²) in [5.74, 6) is -0.228. The maximum Gasteiger partial charge on any atom is 0.531 e. The van der Waals surface area contributed by atoms with Crippen molar-refractivity contribution < 1.29 is 23.2 Å². The first kappa shape index (κ1) is 15.5. The molecule has 0 saturated heterocycles. The van der Waals surface area contributed by atoms with E-state index in [1.165, 1.54) is 14.2 Å². The second-order valence-corrected chi connectivity index (χ2v) is 6.41. The van der Waals surface area contributed by atoms with Gasteiger partial charge >= 0.3 is 8.80 Å². The molecule has 1 N–H and O–H groups in total.